The van der Waals surface area contributed by atoms with Crippen molar-refractivity contribution in [2.45, 2.75) is 13.8 Å². The number of aryl methyl sites for hydroxylation is 2. The van der Waals surface area contributed by atoms with E-state index in [9.17, 15) is 14.0 Å². The third-order valence-electron chi connectivity index (χ3n) is 4.65. The van der Waals surface area contributed by atoms with Crippen LogP contribution in [-0.2, 0) is 9.59 Å². The molecule has 0 spiro atoms. The van der Waals surface area contributed by atoms with E-state index in [1.807, 2.05) is 43.5 Å². The minimum Gasteiger partial charge on any atom is -0.350 e. The highest BCUT2D eigenvalue weighted by molar-refractivity contribution is 7.11. The molecule has 4 nitrogen and oxygen atoms in total. The fraction of sp³-hybridized carbons (Fsp3) is 0.0909. The van der Waals surface area contributed by atoms with Gasteiger partial charge in [-0.25, -0.2) is 9.29 Å². The lowest BCUT2D eigenvalue weighted by molar-refractivity contribution is -0.120. The summed E-state index contributed by atoms with van der Waals surface area (Å²) < 4.78 is 13.6. The number of hydrogen-bond acceptors (Lipinski definition) is 4. The molecule has 1 aliphatic heterocycles. The second-order valence-electron chi connectivity index (χ2n) is 6.71. The third-order valence-corrected chi connectivity index (χ3v) is 5.83. The van der Waals surface area contributed by atoms with E-state index in [0.717, 1.165) is 27.8 Å². The Morgan fingerprint density at radius 2 is 1.83 bits per heavy atom. The van der Waals surface area contributed by atoms with Gasteiger partial charge in [-0.05, 0) is 55.1 Å². The molecule has 146 valence electrons. The Morgan fingerprint density at radius 1 is 1.03 bits per heavy atom. The maximum Gasteiger partial charge on any atom is 0.282 e. The van der Waals surface area contributed by atoms with Crippen LogP contribution < -0.4 is 10.2 Å². The van der Waals surface area contributed by atoms with Crippen molar-refractivity contribution in [3.8, 4) is 0 Å². The van der Waals surface area contributed by atoms with Gasteiger partial charge in [0.1, 0.15) is 11.5 Å². The molecular formula is C22H16ClFN2O2S. The topological polar surface area (TPSA) is 49.4 Å². The van der Waals surface area contributed by atoms with E-state index in [0.29, 0.717) is 4.88 Å². The summed E-state index contributed by atoms with van der Waals surface area (Å²) in [6.07, 6.45) is 0. The summed E-state index contributed by atoms with van der Waals surface area (Å²) in [6, 6.07) is 13.2. The van der Waals surface area contributed by atoms with Crippen molar-refractivity contribution in [3.63, 3.8) is 0 Å². The first-order valence-electron chi connectivity index (χ1n) is 8.83. The number of thiophene rings is 1. The van der Waals surface area contributed by atoms with E-state index < -0.39 is 17.6 Å². The van der Waals surface area contributed by atoms with Crippen molar-refractivity contribution >= 4 is 51.7 Å². The number of halogens is 2. The van der Waals surface area contributed by atoms with Gasteiger partial charge in [0.2, 0.25) is 0 Å². The smallest absolute Gasteiger partial charge is 0.282 e. The summed E-state index contributed by atoms with van der Waals surface area (Å²) >= 11 is 7.24. The summed E-state index contributed by atoms with van der Waals surface area (Å²) in [6.45, 7) is 3.91. The van der Waals surface area contributed by atoms with E-state index in [1.165, 1.54) is 23.5 Å². The lowest BCUT2D eigenvalue weighted by Gasteiger charge is -2.16. The molecule has 7 heteroatoms. The van der Waals surface area contributed by atoms with Crippen LogP contribution in [-0.4, -0.2) is 11.8 Å². The molecule has 2 amide bonds. The molecule has 4 rings (SSSR count). The lowest BCUT2D eigenvalue weighted by Crippen LogP contribution is -2.32. The summed E-state index contributed by atoms with van der Waals surface area (Å²) in [5.41, 5.74) is 3.47. The van der Waals surface area contributed by atoms with Gasteiger partial charge in [0, 0.05) is 10.6 Å². The molecule has 2 heterocycles. The Morgan fingerprint density at radius 3 is 2.48 bits per heavy atom. The molecule has 0 saturated carbocycles. The van der Waals surface area contributed by atoms with Crippen molar-refractivity contribution < 1.29 is 14.0 Å². The van der Waals surface area contributed by atoms with E-state index >= 15 is 0 Å². The summed E-state index contributed by atoms with van der Waals surface area (Å²) in [4.78, 5) is 28.2. The van der Waals surface area contributed by atoms with Crippen molar-refractivity contribution in [3.05, 3.63) is 86.5 Å². The number of rotatable bonds is 4. The van der Waals surface area contributed by atoms with Crippen LogP contribution in [0.15, 0.2) is 59.6 Å². The zero-order valence-electron chi connectivity index (χ0n) is 15.6. The average Bonchev–Trinajstić information content (AvgIpc) is 3.27. The molecule has 2 aromatic carbocycles. The quantitative estimate of drug-likeness (QED) is 0.556. The van der Waals surface area contributed by atoms with E-state index in [2.05, 4.69) is 5.32 Å². The Balaban J connectivity index is 1.81. The van der Waals surface area contributed by atoms with Gasteiger partial charge >= 0.3 is 0 Å². The molecule has 0 radical (unpaired) electrons. The first-order chi connectivity index (χ1) is 13.9. The second kappa shape index (κ2) is 7.46. The Kier molecular flexibility index (Phi) is 4.98. The number of nitrogens with one attached hydrogen (secondary N) is 1. The first kappa shape index (κ1) is 19.4. The van der Waals surface area contributed by atoms with Crippen LogP contribution in [0.1, 0.15) is 16.0 Å². The van der Waals surface area contributed by atoms with Crippen LogP contribution in [0.25, 0.3) is 5.57 Å². The fourth-order valence-corrected chi connectivity index (χ4v) is 4.19. The molecule has 0 atom stereocenters. The largest absolute Gasteiger partial charge is 0.350 e. The van der Waals surface area contributed by atoms with Crippen molar-refractivity contribution in [1.29, 1.82) is 0 Å². The summed E-state index contributed by atoms with van der Waals surface area (Å²) in [5.74, 6) is -1.61. The molecule has 0 bridgehead atoms. The zero-order valence-corrected chi connectivity index (χ0v) is 17.2. The van der Waals surface area contributed by atoms with Gasteiger partial charge < -0.3 is 5.32 Å². The van der Waals surface area contributed by atoms with Gasteiger partial charge in [0.25, 0.3) is 11.8 Å². The van der Waals surface area contributed by atoms with Crippen LogP contribution in [0.5, 0.6) is 0 Å². The van der Waals surface area contributed by atoms with Crippen molar-refractivity contribution in [2.24, 2.45) is 0 Å². The molecule has 0 fully saturated rings. The van der Waals surface area contributed by atoms with Gasteiger partial charge in [-0.1, -0.05) is 35.4 Å². The molecule has 3 aromatic rings. The van der Waals surface area contributed by atoms with Gasteiger partial charge in [-0.3, -0.25) is 9.59 Å². The van der Waals surface area contributed by atoms with E-state index in [1.54, 1.807) is 6.07 Å². The average molecular weight is 427 g/mol. The molecule has 29 heavy (non-hydrogen) atoms. The molecule has 1 aromatic heterocycles. The van der Waals surface area contributed by atoms with Crippen LogP contribution in [0.3, 0.4) is 0 Å². The molecule has 0 saturated heterocycles. The highest BCUT2D eigenvalue weighted by Gasteiger charge is 2.41. The zero-order chi connectivity index (χ0) is 20.7. The minimum absolute atomic E-state index is 0.156. The lowest BCUT2D eigenvalue weighted by atomic mass is 10.1. The minimum atomic E-state index is -0.616. The summed E-state index contributed by atoms with van der Waals surface area (Å²) in [5, 5.41) is 4.83. The van der Waals surface area contributed by atoms with Crippen LogP contribution in [0.2, 0.25) is 5.02 Å². The SMILES string of the molecule is Cc1ccc(NC2=C(c3cccs3)C(=O)N(c3ccc(F)c(Cl)c3)C2=O)c(C)c1. The number of amides is 2. The number of nitrogens with zero attached hydrogens (tertiary/aromatic N) is 1. The highest BCUT2D eigenvalue weighted by Crippen LogP contribution is 2.36. The number of hydrogen-bond donors (Lipinski definition) is 1. The van der Waals surface area contributed by atoms with Gasteiger partial charge in [0.15, 0.2) is 0 Å². The van der Waals surface area contributed by atoms with E-state index in [4.69, 9.17) is 11.6 Å². The number of anilines is 2. The van der Waals surface area contributed by atoms with Gasteiger partial charge in [-0.15, -0.1) is 11.3 Å². The Bertz CT molecular complexity index is 1170. The molecule has 1 aliphatic rings. The van der Waals surface area contributed by atoms with Crippen LogP contribution in [0.4, 0.5) is 15.8 Å². The van der Waals surface area contributed by atoms with Crippen LogP contribution >= 0.6 is 22.9 Å². The van der Waals surface area contributed by atoms with E-state index in [-0.39, 0.29) is 22.0 Å². The molecular weight excluding hydrogens is 411 g/mol. The number of imide groups is 1. The normalized spacial score (nSPS) is 14.1. The standard InChI is InChI=1S/C22H16ClFN2O2S/c1-12-5-8-17(13(2)10-12)25-20-19(18-4-3-9-29-18)21(27)26(22(20)28)14-6-7-16(24)15(23)11-14/h3-11,25H,1-2H3. The summed E-state index contributed by atoms with van der Waals surface area (Å²) in [7, 11) is 0. The highest BCUT2D eigenvalue weighted by atomic mass is 35.5. The second-order valence-corrected chi connectivity index (χ2v) is 8.07. The Labute approximate surface area is 176 Å². The fourth-order valence-electron chi connectivity index (χ4n) is 3.24. The predicted octanol–water partition coefficient (Wildman–Crippen LogP) is 5.55. The number of carbonyl (C=O) groups excluding carboxylic acids is 2. The maximum atomic E-state index is 13.6. The molecule has 1 N–H and O–H groups in total. The number of benzene rings is 2. The molecule has 0 unspecified atom stereocenters. The van der Waals surface area contributed by atoms with Gasteiger partial charge in [-0.2, -0.15) is 0 Å². The third kappa shape index (κ3) is 3.45. The first-order valence-corrected chi connectivity index (χ1v) is 10.1. The monoisotopic (exact) mass is 426 g/mol. The number of carbonyl (C=O) groups is 2. The molecule has 0 aliphatic carbocycles. The van der Waals surface area contributed by atoms with Crippen molar-refractivity contribution in [2.75, 3.05) is 10.2 Å². The van der Waals surface area contributed by atoms with Gasteiger partial charge in [0.05, 0.1) is 16.3 Å². The predicted molar refractivity (Wildman–Crippen MR) is 115 cm³/mol. The maximum absolute atomic E-state index is 13.6. The van der Waals surface area contributed by atoms with Crippen molar-refractivity contribution in [1.82, 2.24) is 0 Å². The Hall–Kier alpha value is -2.96. The van der Waals surface area contributed by atoms with Crippen LogP contribution in [0, 0.1) is 19.7 Å².